The van der Waals surface area contributed by atoms with E-state index in [1.54, 1.807) is 0 Å². The monoisotopic (exact) mass is 127 g/mol. The quantitative estimate of drug-likeness (QED) is 0.523. The average Bonchev–Trinajstić information content (AvgIpc) is 1.80. The predicted molar refractivity (Wildman–Crippen MR) is 40.5 cm³/mol. The molecule has 0 bridgehead atoms. The third-order valence-corrected chi connectivity index (χ3v) is 2.46. The second kappa shape index (κ2) is 2.70. The van der Waals surface area contributed by atoms with Gasteiger partial charge in [-0.2, -0.15) is 0 Å². The Morgan fingerprint density at radius 3 is 2.22 bits per heavy atom. The number of rotatable bonds is 0. The van der Waals surface area contributed by atoms with Crippen LogP contribution in [0.4, 0.5) is 0 Å². The van der Waals surface area contributed by atoms with Gasteiger partial charge in [0.1, 0.15) is 0 Å². The van der Waals surface area contributed by atoms with Crippen molar-refractivity contribution in [1.82, 2.24) is 5.32 Å². The van der Waals surface area contributed by atoms with Crippen molar-refractivity contribution in [2.24, 2.45) is 5.92 Å². The lowest BCUT2D eigenvalue weighted by Gasteiger charge is -2.31. The summed E-state index contributed by atoms with van der Waals surface area (Å²) in [4.78, 5) is 0. The SMILES string of the molecule is CC1CCC(C)C(C)N1. The fraction of sp³-hybridized carbons (Fsp3) is 1.00. The minimum Gasteiger partial charge on any atom is -0.312 e. The first kappa shape index (κ1) is 7.07. The minimum absolute atomic E-state index is 0.730. The van der Waals surface area contributed by atoms with Gasteiger partial charge in [0.25, 0.3) is 0 Å². The fourth-order valence-electron chi connectivity index (χ4n) is 1.46. The topological polar surface area (TPSA) is 12.0 Å². The Morgan fingerprint density at radius 2 is 1.78 bits per heavy atom. The molecule has 0 aliphatic carbocycles. The number of piperidine rings is 1. The van der Waals surface area contributed by atoms with E-state index in [1.165, 1.54) is 12.8 Å². The van der Waals surface area contributed by atoms with Gasteiger partial charge in [0, 0.05) is 12.1 Å². The molecule has 54 valence electrons. The molecule has 1 N–H and O–H groups in total. The molecule has 0 aromatic carbocycles. The molecule has 9 heavy (non-hydrogen) atoms. The molecule has 1 aliphatic rings. The van der Waals surface area contributed by atoms with Crippen molar-refractivity contribution >= 4 is 0 Å². The van der Waals surface area contributed by atoms with E-state index < -0.39 is 0 Å². The summed E-state index contributed by atoms with van der Waals surface area (Å²) in [6, 6.07) is 1.48. The highest BCUT2D eigenvalue weighted by Gasteiger charge is 2.19. The molecule has 0 radical (unpaired) electrons. The lowest BCUT2D eigenvalue weighted by atomic mass is 9.91. The molecule has 1 heterocycles. The van der Waals surface area contributed by atoms with Gasteiger partial charge in [-0.25, -0.2) is 0 Å². The van der Waals surface area contributed by atoms with Crippen LogP contribution >= 0.6 is 0 Å². The number of nitrogens with one attached hydrogen (secondary N) is 1. The summed E-state index contributed by atoms with van der Waals surface area (Å²) in [6.07, 6.45) is 2.75. The molecule has 1 heteroatoms. The maximum Gasteiger partial charge on any atom is 0.00668 e. The van der Waals surface area contributed by atoms with Gasteiger partial charge in [-0.3, -0.25) is 0 Å². The van der Waals surface area contributed by atoms with Crippen molar-refractivity contribution in [3.8, 4) is 0 Å². The Balaban J connectivity index is 2.35. The van der Waals surface area contributed by atoms with E-state index in [1.807, 2.05) is 0 Å². The van der Waals surface area contributed by atoms with E-state index in [-0.39, 0.29) is 0 Å². The van der Waals surface area contributed by atoms with Crippen LogP contribution in [0.3, 0.4) is 0 Å². The highest BCUT2D eigenvalue weighted by molar-refractivity contribution is 4.78. The largest absolute Gasteiger partial charge is 0.312 e. The van der Waals surface area contributed by atoms with Crippen LogP contribution in [0.2, 0.25) is 0 Å². The molecule has 3 unspecified atom stereocenters. The molecule has 0 saturated carbocycles. The lowest BCUT2D eigenvalue weighted by molar-refractivity contribution is 0.269. The first-order valence-electron chi connectivity index (χ1n) is 3.96. The molecule has 1 saturated heterocycles. The van der Waals surface area contributed by atoms with Gasteiger partial charge in [-0.15, -0.1) is 0 Å². The van der Waals surface area contributed by atoms with Crippen molar-refractivity contribution in [3.63, 3.8) is 0 Å². The smallest absolute Gasteiger partial charge is 0.00668 e. The predicted octanol–water partition coefficient (Wildman–Crippen LogP) is 1.78. The fourth-order valence-corrected chi connectivity index (χ4v) is 1.46. The van der Waals surface area contributed by atoms with Gasteiger partial charge in [-0.05, 0) is 32.6 Å². The van der Waals surface area contributed by atoms with Gasteiger partial charge in [0.15, 0.2) is 0 Å². The van der Waals surface area contributed by atoms with E-state index in [0.717, 1.165) is 18.0 Å². The first-order chi connectivity index (χ1) is 4.20. The van der Waals surface area contributed by atoms with Crippen LogP contribution in [0, 0.1) is 5.92 Å². The van der Waals surface area contributed by atoms with Gasteiger partial charge in [0.2, 0.25) is 0 Å². The van der Waals surface area contributed by atoms with Crippen molar-refractivity contribution in [2.75, 3.05) is 0 Å². The average molecular weight is 127 g/mol. The third kappa shape index (κ3) is 1.68. The Labute approximate surface area is 57.8 Å². The van der Waals surface area contributed by atoms with Crippen LogP contribution in [-0.2, 0) is 0 Å². The molecule has 1 nitrogen and oxygen atoms in total. The van der Waals surface area contributed by atoms with E-state index in [9.17, 15) is 0 Å². The second-order valence-electron chi connectivity index (χ2n) is 3.41. The summed E-state index contributed by atoms with van der Waals surface area (Å²) >= 11 is 0. The number of hydrogen-bond donors (Lipinski definition) is 1. The molecule has 1 aliphatic heterocycles. The summed E-state index contributed by atoms with van der Waals surface area (Å²) < 4.78 is 0. The zero-order valence-corrected chi connectivity index (χ0v) is 6.65. The molecule has 0 aromatic heterocycles. The zero-order chi connectivity index (χ0) is 6.85. The summed E-state index contributed by atoms with van der Waals surface area (Å²) in [6.45, 7) is 6.87. The van der Waals surface area contributed by atoms with Gasteiger partial charge >= 0.3 is 0 Å². The second-order valence-corrected chi connectivity index (χ2v) is 3.41. The highest BCUT2D eigenvalue weighted by Crippen LogP contribution is 2.18. The molecular formula is C8H17N. The lowest BCUT2D eigenvalue weighted by Crippen LogP contribution is -2.43. The van der Waals surface area contributed by atoms with Crippen molar-refractivity contribution < 1.29 is 0 Å². The van der Waals surface area contributed by atoms with Crippen molar-refractivity contribution in [3.05, 3.63) is 0 Å². The number of hydrogen-bond acceptors (Lipinski definition) is 1. The van der Waals surface area contributed by atoms with Crippen LogP contribution < -0.4 is 5.32 Å². The Hall–Kier alpha value is -0.0400. The summed E-state index contributed by atoms with van der Waals surface area (Å²) in [5, 5.41) is 3.53. The van der Waals surface area contributed by atoms with E-state index in [4.69, 9.17) is 0 Å². The van der Waals surface area contributed by atoms with Gasteiger partial charge in [-0.1, -0.05) is 6.92 Å². The van der Waals surface area contributed by atoms with Crippen LogP contribution in [0.5, 0.6) is 0 Å². The van der Waals surface area contributed by atoms with Crippen LogP contribution in [-0.4, -0.2) is 12.1 Å². The molecule has 0 aromatic rings. The van der Waals surface area contributed by atoms with E-state index >= 15 is 0 Å². The Kier molecular flexibility index (Phi) is 2.12. The maximum atomic E-state index is 3.53. The molecule has 3 atom stereocenters. The van der Waals surface area contributed by atoms with Crippen molar-refractivity contribution in [1.29, 1.82) is 0 Å². The normalized spacial score (nSPS) is 45.0. The van der Waals surface area contributed by atoms with Gasteiger partial charge < -0.3 is 5.32 Å². The Bertz CT molecular complexity index is 90.6. The van der Waals surface area contributed by atoms with Crippen molar-refractivity contribution in [2.45, 2.75) is 45.7 Å². The molecule has 1 rings (SSSR count). The first-order valence-corrected chi connectivity index (χ1v) is 3.96. The van der Waals surface area contributed by atoms with E-state index in [2.05, 4.69) is 26.1 Å². The maximum absolute atomic E-state index is 3.53. The van der Waals surface area contributed by atoms with E-state index in [0.29, 0.717) is 0 Å². The molecular weight excluding hydrogens is 110 g/mol. The van der Waals surface area contributed by atoms with Crippen LogP contribution in [0.15, 0.2) is 0 Å². The molecule has 0 spiro atoms. The Morgan fingerprint density at radius 1 is 1.11 bits per heavy atom. The molecule has 0 amide bonds. The van der Waals surface area contributed by atoms with Crippen LogP contribution in [0.1, 0.15) is 33.6 Å². The highest BCUT2D eigenvalue weighted by atomic mass is 15.0. The summed E-state index contributed by atoms with van der Waals surface area (Å²) in [7, 11) is 0. The third-order valence-electron chi connectivity index (χ3n) is 2.46. The molecule has 1 fully saturated rings. The minimum atomic E-state index is 0.730. The summed E-state index contributed by atoms with van der Waals surface area (Å²) in [5.41, 5.74) is 0. The standard InChI is InChI=1S/C8H17N/c1-6-4-5-7(2)9-8(6)3/h6-9H,4-5H2,1-3H3. The van der Waals surface area contributed by atoms with Gasteiger partial charge in [0.05, 0.1) is 0 Å². The summed E-state index contributed by atoms with van der Waals surface area (Å²) in [5.74, 6) is 0.876. The zero-order valence-electron chi connectivity index (χ0n) is 6.65. The van der Waals surface area contributed by atoms with Crippen LogP contribution in [0.25, 0.3) is 0 Å².